The number of nitrogens with zero attached hydrogens (tertiary/aromatic N) is 3. The summed E-state index contributed by atoms with van der Waals surface area (Å²) >= 11 is 1.46. The number of hydrogen-bond donors (Lipinski definition) is 2. The van der Waals surface area contributed by atoms with E-state index in [0.717, 1.165) is 16.6 Å². The fourth-order valence-electron chi connectivity index (χ4n) is 3.45. The Morgan fingerprint density at radius 2 is 1.72 bits per heavy atom. The molecule has 2 aromatic carbocycles. The van der Waals surface area contributed by atoms with Crippen molar-refractivity contribution in [3.8, 4) is 17.2 Å². The van der Waals surface area contributed by atoms with E-state index in [1.54, 1.807) is 38.4 Å². The van der Waals surface area contributed by atoms with Crippen molar-refractivity contribution < 1.29 is 14.2 Å². The van der Waals surface area contributed by atoms with E-state index in [1.165, 1.54) is 18.1 Å². The van der Waals surface area contributed by atoms with Crippen molar-refractivity contribution in [3.05, 3.63) is 48.4 Å². The average molecular weight is 411 g/mol. The lowest BCUT2D eigenvalue weighted by Gasteiger charge is -2.24. The van der Waals surface area contributed by atoms with Crippen LogP contribution in [0.1, 0.15) is 10.9 Å². The van der Waals surface area contributed by atoms with Gasteiger partial charge < -0.3 is 24.8 Å². The van der Waals surface area contributed by atoms with Crippen molar-refractivity contribution in [3.63, 3.8) is 0 Å². The molecule has 1 aliphatic heterocycles. The summed E-state index contributed by atoms with van der Waals surface area (Å²) in [5.41, 5.74) is 8.25. The second-order valence-electron chi connectivity index (χ2n) is 6.32. The number of fused-ring (bicyclic) bond motifs is 1. The molecule has 0 amide bonds. The second-order valence-corrected chi connectivity index (χ2v) is 7.55. The zero-order valence-corrected chi connectivity index (χ0v) is 17.1. The number of rotatable bonds is 5. The van der Waals surface area contributed by atoms with Crippen molar-refractivity contribution >= 4 is 34.2 Å². The predicted molar refractivity (Wildman–Crippen MR) is 114 cm³/mol. The highest BCUT2D eigenvalue weighted by atomic mass is 32.2. The summed E-state index contributed by atoms with van der Waals surface area (Å²) in [4.78, 5) is 10.5. The van der Waals surface area contributed by atoms with Crippen LogP contribution in [-0.4, -0.2) is 42.6 Å². The Morgan fingerprint density at radius 1 is 1.03 bits per heavy atom. The van der Waals surface area contributed by atoms with E-state index in [-0.39, 0.29) is 5.25 Å². The highest BCUT2D eigenvalue weighted by molar-refractivity contribution is 8.01. The van der Waals surface area contributed by atoms with Gasteiger partial charge in [-0.2, -0.15) is 0 Å². The Kier molecular flexibility index (Phi) is 5.16. The first kappa shape index (κ1) is 19.3. The van der Waals surface area contributed by atoms with E-state index in [1.807, 2.05) is 24.3 Å². The molecule has 150 valence electrons. The third-order valence-electron chi connectivity index (χ3n) is 4.79. The van der Waals surface area contributed by atoms with E-state index < -0.39 is 5.50 Å². The summed E-state index contributed by atoms with van der Waals surface area (Å²) in [5.74, 6) is 1.83. The van der Waals surface area contributed by atoms with E-state index in [4.69, 9.17) is 25.4 Å². The van der Waals surface area contributed by atoms with E-state index in [0.29, 0.717) is 28.8 Å². The number of nitrogens with one attached hydrogen (secondary N) is 1. The van der Waals surface area contributed by atoms with Gasteiger partial charge in [-0.25, -0.2) is 9.97 Å². The topological polar surface area (TPSA) is 107 Å². The maximum atomic E-state index is 8.85. The molecule has 2 heterocycles. The van der Waals surface area contributed by atoms with Gasteiger partial charge in [-0.1, -0.05) is 18.2 Å². The first-order chi connectivity index (χ1) is 14.1. The van der Waals surface area contributed by atoms with Crippen LogP contribution in [-0.2, 0) is 0 Å². The van der Waals surface area contributed by atoms with Crippen molar-refractivity contribution in [2.45, 2.75) is 10.7 Å². The zero-order chi connectivity index (χ0) is 20.5. The number of aromatic nitrogens is 2. The van der Waals surface area contributed by atoms with Crippen molar-refractivity contribution in [2.24, 2.45) is 5.73 Å². The van der Waals surface area contributed by atoms with Gasteiger partial charge in [0.1, 0.15) is 22.9 Å². The van der Waals surface area contributed by atoms with Crippen LogP contribution in [0.2, 0.25) is 0 Å². The number of anilines is 1. The van der Waals surface area contributed by atoms with Crippen LogP contribution in [0.15, 0.2) is 42.7 Å². The van der Waals surface area contributed by atoms with Gasteiger partial charge in [0.15, 0.2) is 11.5 Å². The molecular weight excluding hydrogens is 390 g/mol. The fourth-order valence-corrected chi connectivity index (χ4v) is 4.64. The van der Waals surface area contributed by atoms with Gasteiger partial charge in [-0.3, -0.25) is 5.41 Å². The molecule has 0 radical (unpaired) electrons. The number of nitrogens with two attached hydrogens (primary N) is 1. The summed E-state index contributed by atoms with van der Waals surface area (Å²) in [6, 6.07) is 11.3. The molecule has 0 bridgehead atoms. The number of ether oxygens (including phenoxy) is 3. The largest absolute Gasteiger partial charge is 0.493 e. The van der Waals surface area contributed by atoms with E-state index in [9.17, 15) is 0 Å². The summed E-state index contributed by atoms with van der Waals surface area (Å²) in [7, 11) is 4.66. The first-order valence-corrected chi connectivity index (χ1v) is 9.81. The normalized spacial score (nSPS) is 18.9. The molecule has 0 spiro atoms. The minimum Gasteiger partial charge on any atom is -0.493 e. The SMILES string of the molecule is COc1cc(N2C(=N)C(c3ncnc4ccccc34)SC2N)cc(OC)c1OC. The standard InChI is InChI=1S/C20H21N5O3S/c1-26-14-8-11(9-15(27-2)17(14)28-3)25-19(21)18(29-20(25)22)16-12-6-4-5-7-13(12)23-10-24-16/h4-10,18,20-21H,22H2,1-3H3. The monoisotopic (exact) mass is 411 g/mol. The lowest BCUT2D eigenvalue weighted by Crippen LogP contribution is -2.38. The number of thioether (sulfide) groups is 1. The van der Waals surface area contributed by atoms with Crippen LogP contribution < -0.4 is 24.8 Å². The molecular formula is C20H21N5O3S. The minimum absolute atomic E-state index is 0.322. The number of para-hydroxylation sites is 1. The Morgan fingerprint density at radius 3 is 2.38 bits per heavy atom. The molecule has 2 unspecified atom stereocenters. The number of benzene rings is 2. The molecule has 1 aliphatic rings. The number of hydrogen-bond acceptors (Lipinski definition) is 8. The molecule has 3 aromatic rings. The predicted octanol–water partition coefficient (Wildman–Crippen LogP) is 3.17. The zero-order valence-electron chi connectivity index (χ0n) is 16.2. The van der Waals surface area contributed by atoms with Gasteiger partial charge in [0.2, 0.25) is 5.75 Å². The highest BCUT2D eigenvalue weighted by Crippen LogP contribution is 2.47. The molecule has 0 saturated carbocycles. The van der Waals surface area contributed by atoms with Gasteiger partial charge in [-0.15, -0.1) is 11.8 Å². The molecule has 0 aliphatic carbocycles. The molecule has 4 rings (SSSR count). The van der Waals surface area contributed by atoms with Crippen LogP contribution in [0.25, 0.3) is 10.9 Å². The van der Waals surface area contributed by atoms with Crippen molar-refractivity contribution in [2.75, 3.05) is 26.2 Å². The lowest BCUT2D eigenvalue weighted by atomic mass is 10.1. The highest BCUT2D eigenvalue weighted by Gasteiger charge is 2.39. The molecule has 9 heteroatoms. The van der Waals surface area contributed by atoms with Crippen molar-refractivity contribution in [1.82, 2.24) is 9.97 Å². The number of methoxy groups -OCH3 is 3. The van der Waals surface area contributed by atoms with Crippen LogP contribution in [0.5, 0.6) is 17.2 Å². The third-order valence-corrected chi connectivity index (χ3v) is 6.00. The molecule has 29 heavy (non-hydrogen) atoms. The van der Waals surface area contributed by atoms with Crippen molar-refractivity contribution in [1.29, 1.82) is 5.41 Å². The molecule has 3 N–H and O–H groups in total. The Labute approximate surface area is 172 Å². The van der Waals surface area contributed by atoms with Gasteiger partial charge in [0, 0.05) is 17.5 Å². The fraction of sp³-hybridized carbons (Fsp3) is 0.250. The molecule has 1 aromatic heterocycles. The molecule has 1 saturated heterocycles. The molecule has 1 fully saturated rings. The quantitative estimate of drug-likeness (QED) is 0.659. The third kappa shape index (κ3) is 3.22. The van der Waals surface area contributed by atoms with Crippen LogP contribution in [0.4, 0.5) is 5.69 Å². The second kappa shape index (κ2) is 7.76. The van der Waals surface area contributed by atoms with Gasteiger partial charge in [-0.05, 0) is 6.07 Å². The van der Waals surface area contributed by atoms with Gasteiger partial charge >= 0.3 is 0 Å². The average Bonchev–Trinajstić information content (AvgIpc) is 3.05. The van der Waals surface area contributed by atoms with Gasteiger partial charge in [0.25, 0.3) is 0 Å². The maximum Gasteiger partial charge on any atom is 0.203 e. The van der Waals surface area contributed by atoms with E-state index >= 15 is 0 Å². The van der Waals surface area contributed by atoms with Gasteiger partial charge in [0.05, 0.1) is 38.2 Å². The van der Waals surface area contributed by atoms with Crippen LogP contribution in [0, 0.1) is 5.41 Å². The first-order valence-electron chi connectivity index (χ1n) is 8.87. The Balaban J connectivity index is 1.77. The summed E-state index contributed by atoms with van der Waals surface area (Å²) in [5, 5.41) is 9.44. The Hall–Kier alpha value is -3.04. The Bertz CT molecular complexity index is 1050. The molecule has 8 nitrogen and oxygen atoms in total. The molecule has 2 atom stereocenters. The summed E-state index contributed by atoms with van der Waals surface area (Å²) in [6.45, 7) is 0. The maximum absolute atomic E-state index is 8.85. The van der Waals surface area contributed by atoms with Crippen LogP contribution in [0.3, 0.4) is 0 Å². The summed E-state index contributed by atoms with van der Waals surface area (Å²) in [6.07, 6.45) is 1.53. The number of amidine groups is 1. The lowest BCUT2D eigenvalue weighted by molar-refractivity contribution is 0.324. The minimum atomic E-state index is -0.468. The summed E-state index contributed by atoms with van der Waals surface area (Å²) < 4.78 is 16.3. The smallest absolute Gasteiger partial charge is 0.203 e. The van der Waals surface area contributed by atoms with E-state index in [2.05, 4.69) is 9.97 Å². The van der Waals surface area contributed by atoms with Crippen LogP contribution >= 0.6 is 11.8 Å².